The van der Waals surface area contributed by atoms with Gasteiger partial charge in [-0.25, -0.2) is 0 Å². The number of aromatic nitrogens is 2. The van der Waals surface area contributed by atoms with Crippen LogP contribution in [0.25, 0.3) is 0 Å². The zero-order valence-electron chi connectivity index (χ0n) is 15.1. The van der Waals surface area contributed by atoms with E-state index < -0.39 is 0 Å². The highest BCUT2D eigenvalue weighted by molar-refractivity contribution is 5.78. The molecule has 2 aromatic rings. The van der Waals surface area contributed by atoms with Crippen LogP contribution in [0.5, 0.6) is 0 Å². The van der Waals surface area contributed by atoms with E-state index in [2.05, 4.69) is 63.0 Å². The van der Waals surface area contributed by atoms with Gasteiger partial charge in [0.25, 0.3) is 0 Å². The molecule has 0 radical (unpaired) electrons. The van der Waals surface area contributed by atoms with Gasteiger partial charge in [0.15, 0.2) is 5.82 Å². The number of aryl methyl sites for hydroxylation is 2. The molecule has 0 saturated carbocycles. The molecule has 5 heteroatoms. The lowest BCUT2D eigenvalue weighted by atomic mass is 9.96. The number of benzene rings is 1. The molecule has 3 rings (SSSR count). The minimum Gasteiger partial charge on any atom is -0.337 e. The van der Waals surface area contributed by atoms with Crippen LogP contribution in [0, 0.1) is 13.8 Å². The fraction of sp³-hybridized carbons (Fsp3) is 0.526. The van der Waals surface area contributed by atoms with E-state index in [-0.39, 0.29) is 17.4 Å². The summed E-state index contributed by atoms with van der Waals surface area (Å²) >= 11 is 0. The smallest absolute Gasteiger partial charge is 0.249 e. The second kappa shape index (κ2) is 6.04. The monoisotopic (exact) mass is 327 g/mol. The first kappa shape index (κ1) is 16.7. The molecule has 128 valence electrons. The van der Waals surface area contributed by atoms with Crippen LogP contribution in [0.1, 0.15) is 68.1 Å². The summed E-state index contributed by atoms with van der Waals surface area (Å²) in [5, 5.41) is 4.10. The van der Waals surface area contributed by atoms with E-state index in [1.54, 1.807) is 0 Å². The van der Waals surface area contributed by atoms with Crippen molar-refractivity contribution in [2.75, 3.05) is 0 Å². The van der Waals surface area contributed by atoms with Crippen LogP contribution < -0.4 is 0 Å². The number of likely N-dealkylation sites (tertiary alicyclic amines) is 1. The molecule has 1 saturated heterocycles. The first-order valence-corrected chi connectivity index (χ1v) is 8.45. The summed E-state index contributed by atoms with van der Waals surface area (Å²) in [5.41, 5.74) is 3.43. The lowest BCUT2D eigenvalue weighted by Crippen LogP contribution is -2.28. The number of amides is 1. The van der Waals surface area contributed by atoms with Crippen LogP contribution in [0.3, 0.4) is 0 Å². The molecule has 0 spiro atoms. The molecule has 0 aliphatic carbocycles. The molecule has 1 aliphatic rings. The molecular formula is C19H25N3O2. The van der Waals surface area contributed by atoms with Gasteiger partial charge in [-0.3, -0.25) is 4.79 Å². The van der Waals surface area contributed by atoms with Gasteiger partial charge < -0.3 is 9.42 Å². The minimum absolute atomic E-state index is 0.123. The molecule has 24 heavy (non-hydrogen) atoms. The Labute approximate surface area is 143 Å². The normalized spacial score (nSPS) is 18.5. The van der Waals surface area contributed by atoms with Crippen molar-refractivity contribution in [3.8, 4) is 0 Å². The Morgan fingerprint density at radius 1 is 1.29 bits per heavy atom. The molecular weight excluding hydrogens is 302 g/mol. The summed E-state index contributed by atoms with van der Waals surface area (Å²) in [7, 11) is 0. The molecule has 1 unspecified atom stereocenters. The molecule has 1 atom stereocenters. The van der Waals surface area contributed by atoms with Crippen LogP contribution in [-0.2, 0) is 16.8 Å². The van der Waals surface area contributed by atoms with Gasteiger partial charge in [0, 0.05) is 18.4 Å². The predicted octanol–water partition coefficient (Wildman–Crippen LogP) is 3.85. The maximum atomic E-state index is 12.4. The van der Waals surface area contributed by atoms with Crippen molar-refractivity contribution in [1.82, 2.24) is 15.0 Å². The van der Waals surface area contributed by atoms with E-state index in [1.807, 2.05) is 4.90 Å². The highest BCUT2D eigenvalue weighted by Crippen LogP contribution is 2.34. The van der Waals surface area contributed by atoms with Crippen molar-refractivity contribution in [1.29, 1.82) is 0 Å². The number of carbonyl (C=O) groups is 1. The summed E-state index contributed by atoms with van der Waals surface area (Å²) in [6.45, 7) is 10.9. The van der Waals surface area contributed by atoms with Crippen molar-refractivity contribution in [3.05, 3.63) is 46.6 Å². The summed E-state index contributed by atoms with van der Waals surface area (Å²) in [6, 6.07) is 6.21. The van der Waals surface area contributed by atoms with Gasteiger partial charge in [-0.1, -0.05) is 49.7 Å². The molecule has 0 bridgehead atoms. The van der Waals surface area contributed by atoms with E-state index >= 15 is 0 Å². The molecule has 2 heterocycles. The summed E-state index contributed by atoms with van der Waals surface area (Å²) in [5.74, 6) is 1.38. The highest BCUT2D eigenvalue weighted by Gasteiger charge is 2.36. The Morgan fingerprint density at radius 2 is 2.04 bits per heavy atom. The molecule has 5 nitrogen and oxygen atoms in total. The topological polar surface area (TPSA) is 59.2 Å². The number of nitrogens with zero attached hydrogens (tertiary/aromatic N) is 3. The lowest BCUT2D eigenvalue weighted by molar-refractivity contribution is -0.130. The average molecular weight is 327 g/mol. The zero-order valence-corrected chi connectivity index (χ0v) is 15.1. The minimum atomic E-state index is -0.164. The quantitative estimate of drug-likeness (QED) is 0.859. The largest absolute Gasteiger partial charge is 0.337 e. The molecule has 1 aliphatic heterocycles. The van der Waals surface area contributed by atoms with Gasteiger partial charge in [-0.2, -0.15) is 4.98 Å². The third-order valence-electron chi connectivity index (χ3n) is 4.56. The van der Waals surface area contributed by atoms with Gasteiger partial charge in [0.05, 0.1) is 0 Å². The van der Waals surface area contributed by atoms with Crippen LogP contribution in [0.4, 0.5) is 0 Å². The van der Waals surface area contributed by atoms with Crippen molar-refractivity contribution < 1.29 is 9.32 Å². The maximum Gasteiger partial charge on any atom is 0.249 e. The third kappa shape index (κ3) is 3.21. The summed E-state index contributed by atoms with van der Waals surface area (Å²) in [6.07, 6.45) is 1.26. The van der Waals surface area contributed by atoms with Gasteiger partial charge in [0.1, 0.15) is 6.04 Å². The van der Waals surface area contributed by atoms with E-state index in [1.165, 1.54) is 11.1 Å². The van der Waals surface area contributed by atoms with Gasteiger partial charge >= 0.3 is 0 Å². The molecule has 1 fully saturated rings. The zero-order chi connectivity index (χ0) is 17.5. The van der Waals surface area contributed by atoms with E-state index in [0.717, 1.165) is 12.0 Å². The van der Waals surface area contributed by atoms with E-state index in [4.69, 9.17) is 4.52 Å². The first-order chi connectivity index (χ1) is 11.3. The SMILES string of the molecule is Cc1ccc(CN2C(=O)CCC2c2nc(C(C)(C)C)no2)c(C)c1. The van der Waals surface area contributed by atoms with Gasteiger partial charge in [0.2, 0.25) is 11.8 Å². The Balaban J connectivity index is 1.85. The van der Waals surface area contributed by atoms with Gasteiger partial charge in [-0.15, -0.1) is 0 Å². The fourth-order valence-corrected chi connectivity index (χ4v) is 3.07. The summed E-state index contributed by atoms with van der Waals surface area (Å²) in [4.78, 5) is 18.8. The van der Waals surface area contributed by atoms with Crippen LogP contribution in [0.15, 0.2) is 22.7 Å². The Bertz CT molecular complexity index is 758. The predicted molar refractivity (Wildman–Crippen MR) is 91.4 cm³/mol. The van der Waals surface area contributed by atoms with Crippen molar-refractivity contribution >= 4 is 5.91 Å². The maximum absolute atomic E-state index is 12.4. The van der Waals surface area contributed by atoms with Crippen molar-refractivity contribution in [2.24, 2.45) is 0 Å². The first-order valence-electron chi connectivity index (χ1n) is 8.45. The second-order valence-corrected chi connectivity index (χ2v) is 7.71. The molecule has 0 N–H and O–H groups in total. The molecule has 1 amide bonds. The van der Waals surface area contributed by atoms with E-state index in [9.17, 15) is 4.79 Å². The van der Waals surface area contributed by atoms with E-state index in [0.29, 0.717) is 24.7 Å². The van der Waals surface area contributed by atoms with Crippen molar-refractivity contribution in [2.45, 2.75) is 65.5 Å². The molecule has 1 aromatic carbocycles. The number of hydrogen-bond donors (Lipinski definition) is 0. The second-order valence-electron chi connectivity index (χ2n) is 7.71. The van der Waals surface area contributed by atoms with Crippen molar-refractivity contribution in [3.63, 3.8) is 0 Å². The third-order valence-corrected chi connectivity index (χ3v) is 4.56. The van der Waals surface area contributed by atoms with Gasteiger partial charge in [-0.05, 0) is 31.4 Å². The number of hydrogen-bond acceptors (Lipinski definition) is 4. The van der Waals surface area contributed by atoms with Crippen LogP contribution >= 0.6 is 0 Å². The Kier molecular flexibility index (Phi) is 4.20. The Morgan fingerprint density at radius 3 is 2.67 bits per heavy atom. The lowest BCUT2D eigenvalue weighted by Gasteiger charge is -2.23. The number of carbonyl (C=O) groups excluding carboxylic acids is 1. The Hall–Kier alpha value is -2.17. The average Bonchev–Trinajstić information content (AvgIpc) is 3.09. The van der Waals surface area contributed by atoms with Crippen LogP contribution in [-0.4, -0.2) is 20.9 Å². The van der Waals surface area contributed by atoms with Crippen LogP contribution in [0.2, 0.25) is 0 Å². The fourth-order valence-electron chi connectivity index (χ4n) is 3.07. The summed E-state index contributed by atoms with van der Waals surface area (Å²) < 4.78 is 5.49. The standard InChI is InChI=1S/C19H25N3O2/c1-12-6-7-14(13(2)10-12)11-22-15(8-9-16(22)23)17-20-18(21-24-17)19(3,4)5/h6-7,10,15H,8-9,11H2,1-5H3. The number of rotatable bonds is 3. The molecule has 1 aromatic heterocycles. The highest BCUT2D eigenvalue weighted by atomic mass is 16.5.